The van der Waals surface area contributed by atoms with Crippen molar-refractivity contribution in [3.05, 3.63) is 35.4 Å². The minimum absolute atomic E-state index is 0.319. The normalized spacial score (nSPS) is 19.8. The average molecular weight is 259 g/mol. The van der Waals surface area contributed by atoms with Crippen LogP contribution < -0.4 is 5.73 Å². The Morgan fingerprint density at radius 3 is 2.47 bits per heavy atom. The van der Waals surface area contributed by atoms with Crippen molar-refractivity contribution in [3.8, 4) is 0 Å². The van der Waals surface area contributed by atoms with Gasteiger partial charge < -0.3 is 5.73 Å². The van der Waals surface area contributed by atoms with E-state index in [4.69, 9.17) is 5.73 Å². The van der Waals surface area contributed by atoms with Gasteiger partial charge in [-0.15, -0.1) is 0 Å². The number of nitrogens with two attached hydrogens (primary N) is 1. The van der Waals surface area contributed by atoms with Gasteiger partial charge in [0.05, 0.1) is 0 Å². The highest BCUT2D eigenvalue weighted by molar-refractivity contribution is 5.23. The highest BCUT2D eigenvalue weighted by Gasteiger charge is 2.39. The first-order chi connectivity index (χ1) is 9.02. The lowest BCUT2D eigenvalue weighted by atomic mass is 9.71. The summed E-state index contributed by atoms with van der Waals surface area (Å²) in [5.74, 6) is 0.752. The van der Waals surface area contributed by atoms with Crippen LogP contribution in [0.2, 0.25) is 0 Å². The molecule has 0 spiro atoms. The molecule has 106 valence electrons. The van der Waals surface area contributed by atoms with Gasteiger partial charge in [-0.3, -0.25) is 0 Å². The molecule has 2 N–H and O–H groups in total. The lowest BCUT2D eigenvalue weighted by molar-refractivity contribution is 0.181. The maximum absolute atomic E-state index is 6.64. The third kappa shape index (κ3) is 3.60. The van der Waals surface area contributed by atoms with Crippen molar-refractivity contribution < 1.29 is 0 Å². The molecule has 1 saturated carbocycles. The molecular formula is C18H29N. The molecule has 1 aliphatic carbocycles. The van der Waals surface area contributed by atoms with Crippen molar-refractivity contribution in [1.82, 2.24) is 0 Å². The van der Waals surface area contributed by atoms with Crippen LogP contribution in [0.4, 0.5) is 0 Å². The van der Waals surface area contributed by atoms with Crippen molar-refractivity contribution in [2.75, 3.05) is 0 Å². The van der Waals surface area contributed by atoms with Crippen LogP contribution in [0, 0.1) is 18.3 Å². The van der Waals surface area contributed by atoms with Crippen LogP contribution >= 0.6 is 0 Å². The molecule has 0 saturated heterocycles. The Morgan fingerprint density at radius 1 is 1.21 bits per heavy atom. The predicted molar refractivity (Wildman–Crippen MR) is 83.2 cm³/mol. The van der Waals surface area contributed by atoms with E-state index in [2.05, 4.69) is 45.0 Å². The van der Waals surface area contributed by atoms with E-state index in [-0.39, 0.29) is 0 Å². The van der Waals surface area contributed by atoms with E-state index in [1.807, 2.05) is 0 Å². The minimum atomic E-state index is 0.319. The van der Waals surface area contributed by atoms with Gasteiger partial charge in [-0.2, -0.15) is 0 Å². The third-order valence-corrected chi connectivity index (χ3v) is 4.74. The van der Waals surface area contributed by atoms with Gasteiger partial charge in [0.2, 0.25) is 0 Å². The van der Waals surface area contributed by atoms with Gasteiger partial charge in [0.1, 0.15) is 0 Å². The summed E-state index contributed by atoms with van der Waals surface area (Å²) in [6.07, 6.45) is 7.73. The molecule has 0 radical (unpaired) electrons. The molecule has 1 aliphatic rings. The fraction of sp³-hybridized carbons (Fsp3) is 0.667. The van der Waals surface area contributed by atoms with E-state index in [1.54, 1.807) is 0 Å². The molecule has 1 aromatic carbocycles. The summed E-state index contributed by atoms with van der Waals surface area (Å²) in [4.78, 5) is 0. The van der Waals surface area contributed by atoms with Crippen molar-refractivity contribution in [1.29, 1.82) is 0 Å². The van der Waals surface area contributed by atoms with E-state index >= 15 is 0 Å². The monoisotopic (exact) mass is 259 g/mol. The second-order valence-electron chi connectivity index (χ2n) is 6.97. The number of hydrogen-bond acceptors (Lipinski definition) is 1. The van der Waals surface area contributed by atoms with Gasteiger partial charge in [-0.05, 0) is 49.5 Å². The molecule has 1 aromatic rings. The smallest absolute Gasteiger partial charge is 0.0136 e. The molecule has 1 atom stereocenters. The van der Waals surface area contributed by atoms with Gasteiger partial charge in [0, 0.05) is 6.04 Å². The van der Waals surface area contributed by atoms with E-state index in [1.165, 1.54) is 43.2 Å². The van der Waals surface area contributed by atoms with Crippen LogP contribution in [0.1, 0.15) is 57.1 Å². The second kappa shape index (κ2) is 6.09. The predicted octanol–water partition coefficient (Wildman–Crippen LogP) is 4.47. The first-order valence-electron chi connectivity index (χ1n) is 7.83. The standard InChI is InChI=1S/C18H29N/c1-14(2)13-18(9-4-5-10-18)17(19)12-16-8-6-7-15(3)11-16/h6-8,11,14,17H,4-5,9-10,12-13,19H2,1-3H3. The Morgan fingerprint density at radius 2 is 1.89 bits per heavy atom. The molecule has 0 amide bonds. The zero-order chi connectivity index (χ0) is 13.9. The van der Waals surface area contributed by atoms with Crippen molar-refractivity contribution in [2.24, 2.45) is 17.1 Å². The van der Waals surface area contributed by atoms with Gasteiger partial charge in [-0.25, -0.2) is 0 Å². The van der Waals surface area contributed by atoms with E-state index < -0.39 is 0 Å². The number of hydrogen-bond donors (Lipinski definition) is 1. The Bertz CT molecular complexity index is 402. The minimum Gasteiger partial charge on any atom is -0.327 e. The first kappa shape index (κ1) is 14.6. The highest BCUT2D eigenvalue weighted by Crippen LogP contribution is 2.46. The fourth-order valence-electron chi connectivity index (χ4n) is 3.93. The average Bonchev–Trinajstić information content (AvgIpc) is 2.78. The summed E-state index contributed by atoms with van der Waals surface area (Å²) in [6.45, 7) is 6.83. The highest BCUT2D eigenvalue weighted by atomic mass is 14.7. The Kier molecular flexibility index (Phi) is 4.67. The first-order valence-corrected chi connectivity index (χ1v) is 7.83. The molecule has 0 aliphatic heterocycles. The summed E-state index contributed by atoms with van der Waals surface area (Å²) in [7, 11) is 0. The number of benzene rings is 1. The van der Waals surface area contributed by atoms with Gasteiger partial charge in [-0.1, -0.05) is 56.5 Å². The lowest BCUT2D eigenvalue weighted by Crippen LogP contribution is -2.42. The van der Waals surface area contributed by atoms with Crippen LogP contribution in [0.3, 0.4) is 0 Å². The van der Waals surface area contributed by atoms with Crippen LogP contribution in [-0.4, -0.2) is 6.04 Å². The quantitative estimate of drug-likeness (QED) is 0.829. The Balaban J connectivity index is 2.09. The number of aryl methyl sites for hydroxylation is 1. The van der Waals surface area contributed by atoms with Crippen LogP contribution in [0.25, 0.3) is 0 Å². The van der Waals surface area contributed by atoms with Crippen molar-refractivity contribution >= 4 is 0 Å². The van der Waals surface area contributed by atoms with E-state index in [0.717, 1.165) is 12.3 Å². The zero-order valence-electron chi connectivity index (χ0n) is 12.8. The maximum atomic E-state index is 6.64. The van der Waals surface area contributed by atoms with Crippen molar-refractivity contribution in [3.63, 3.8) is 0 Å². The fourth-order valence-corrected chi connectivity index (χ4v) is 3.93. The second-order valence-corrected chi connectivity index (χ2v) is 6.97. The molecule has 1 nitrogen and oxygen atoms in total. The summed E-state index contributed by atoms with van der Waals surface area (Å²) < 4.78 is 0. The molecular weight excluding hydrogens is 230 g/mol. The van der Waals surface area contributed by atoms with E-state index in [9.17, 15) is 0 Å². The maximum Gasteiger partial charge on any atom is 0.0136 e. The molecule has 0 bridgehead atoms. The van der Waals surface area contributed by atoms with Gasteiger partial charge in [0.15, 0.2) is 0 Å². The Labute approximate surface area is 118 Å². The van der Waals surface area contributed by atoms with Crippen LogP contribution in [0.15, 0.2) is 24.3 Å². The summed E-state index contributed by atoms with van der Waals surface area (Å²) in [5, 5.41) is 0. The van der Waals surface area contributed by atoms with E-state index in [0.29, 0.717) is 11.5 Å². The zero-order valence-corrected chi connectivity index (χ0v) is 12.8. The van der Waals surface area contributed by atoms with Gasteiger partial charge >= 0.3 is 0 Å². The third-order valence-electron chi connectivity index (χ3n) is 4.74. The molecule has 19 heavy (non-hydrogen) atoms. The molecule has 1 heteroatoms. The molecule has 0 aromatic heterocycles. The molecule has 0 heterocycles. The SMILES string of the molecule is Cc1cccc(CC(N)C2(CC(C)C)CCCC2)c1. The summed E-state index contributed by atoms with van der Waals surface area (Å²) in [5.41, 5.74) is 9.79. The van der Waals surface area contributed by atoms with Crippen LogP contribution in [-0.2, 0) is 6.42 Å². The van der Waals surface area contributed by atoms with Crippen molar-refractivity contribution in [2.45, 2.75) is 65.3 Å². The molecule has 2 rings (SSSR count). The topological polar surface area (TPSA) is 26.0 Å². The largest absolute Gasteiger partial charge is 0.327 e. The van der Waals surface area contributed by atoms with Gasteiger partial charge in [0.25, 0.3) is 0 Å². The van der Waals surface area contributed by atoms with Crippen LogP contribution in [0.5, 0.6) is 0 Å². The molecule has 1 fully saturated rings. The number of rotatable bonds is 5. The molecule has 1 unspecified atom stereocenters. The summed E-state index contributed by atoms with van der Waals surface area (Å²) >= 11 is 0. The Hall–Kier alpha value is -0.820. The lowest BCUT2D eigenvalue weighted by Gasteiger charge is -2.37. The summed E-state index contributed by atoms with van der Waals surface area (Å²) in [6, 6.07) is 9.15.